The number of nitrogen functional groups attached to an aromatic ring is 1. The SMILES string of the molecule is Nc1ccc(S(=O)(=O)NC2CCCOC2)c(F)c1. The van der Waals surface area contributed by atoms with Gasteiger partial charge < -0.3 is 10.5 Å². The lowest BCUT2D eigenvalue weighted by Gasteiger charge is -2.23. The number of benzene rings is 1. The highest BCUT2D eigenvalue weighted by Crippen LogP contribution is 2.18. The molecular formula is C11H15FN2O3S. The van der Waals surface area contributed by atoms with Crippen LogP contribution in [0.25, 0.3) is 0 Å². The van der Waals surface area contributed by atoms with Gasteiger partial charge in [-0.15, -0.1) is 0 Å². The minimum absolute atomic E-state index is 0.187. The summed E-state index contributed by atoms with van der Waals surface area (Å²) >= 11 is 0. The predicted octanol–water partition coefficient (Wildman–Crippen LogP) is 0.865. The summed E-state index contributed by atoms with van der Waals surface area (Å²) in [6.45, 7) is 0.949. The zero-order valence-corrected chi connectivity index (χ0v) is 10.5. The van der Waals surface area contributed by atoms with E-state index in [1.807, 2.05) is 0 Å². The molecule has 0 bridgehead atoms. The Bertz CT molecular complexity index is 527. The van der Waals surface area contributed by atoms with Crippen LogP contribution in [0.1, 0.15) is 12.8 Å². The standard InChI is InChI=1S/C11H15FN2O3S/c12-10-6-8(13)3-4-11(10)18(15,16)14-9-2-1-5-17-7-9/h3-4,6,9,14H,1-2,5,7,13H2. The van der Waals surface area contributed by atoms with Crippen LogP contribution in [0.2, 0.25) is 0 Å². The molecule has 1 fully saturated rings. The van der Waals surface area contributed by atoms with E-state index in [0.717, 1.165) is 18.6 Å². The lowest BCUT2D eigenvalue weighted by atomic mass is 10.1. The molecule has 7 heteroatoms. The summed E-state index contributed by atoms with van der Waals surface area (Å²) in [6, 6.07) is 3.21. The molecule has 1 aliphatic heterocycles. The first-order valence-corrected chi connectivity index (χ1v) is 7.12. The van der Waals surface area contributed by atoms with E-state index < -0.39 is 15.8 Å². The van der Waals surface area contributed by atoms with Crippen LogP contribution in [0.3, 0.4) is 0 Å². The van der Waals surface area contributed by atoms with Crippen molar-refractivity contribution in [3.05, 3.63) is 24.0 Å². The fourth-order valence-electron chi connectivity index (χ4n) is 1.85. The molecule has 0 aromatic heterocycles. The molecule has 0 spiro atoms. The second kappa shape index (κ2) is 5.21. The van der Waals surface area contributed by atoms with Crippen molar-refractivity contribution in [2.75, 3.05) is 18.9 Å². The molecule has 1 heterocycles. The third-order valence-corrected chi connectivity index (χ3v) is 4.28. The highest BCUT2D eigenvalue weighted by Gasteiger charge is 2.24. The van der Waals surface area contributed by atoms with Gasteiger partial charge in [0.25, 0.3) is 0 Å². The summed E-state index contributed by atoms with van der Waals surface area (Å²) in [7, 11) is -3.87. The summed E-state index contributed by atoms with van der Waals surface area (Å²) in [5.74, 6) is -0.848. The molecule has 3 N–H and O–H groups in total. The van der Waals surface area contributed by atoms with Gasteiger partial charge in [0.2, 0.25) is 10.0 Å². The van der Waals surface area contributed by atoms with Gasteiger partial charge in [0, 0.05) is 18.3 Å². The Balaban J connectivity index is 2.19. The van der Waals surface area contributed by atoms with Crippen molar-refractivity contribution in [2.45, 2.75) is 23.8 Å². The smallest absolute Gasteiger partial charge is 0.243 e. The molecule has 1 aromatic rings. The van der Waals surface area contributed by atoms with Crippen LogP contribution in [-0.4, -0.2) is 27.7 Å². The monoisotopic (exact) mass is 274 g/mol. The maximum Gasteiger partial charge on any atom is 0.243 e. The summed E-state index contributed by atoms with van der Waals surface area (Å²) in [5.41, 5.74) is 5.57. The lowest BCUT2D eigenvalue weighted by Crippen LogP contribution is -2.40. The Kier molecular flexibility index (Phi) is 3.84. The normalized spacial score (nSPS) is 20.8. The lowest BCUT2D eigenvalue weighted by molar-refractivity contribution is 0.0774. The van der Waals surface area contributed by atoms with E-state index in [9.17, 15) is 12.8 Å². The van der Waals surface area contributed by atoms with Crippen molar-refractivity contribution in [2.24, 2.45) is 0 Å². The molecule has 0 radical (unpaired) electrons. The molecule has 1 unspecified atom stereocenters. The van der Waals surface area contributed by atoms with Crippen LogP contribution in [0.5, 0.6) is 0 Å². The Morgan fingerprint density at radius 2 is 2.22 bits per heavy atom. The van der Waals surface area contributed by atoms with Crippen LogP contribution in [0, 0.1) is 5.82 Å². The van der Waals surface area contributed by atoms with Crippen molar-refractivity contribution in [3.63, 3.8) is 0 Å². The summed E-state index contributed by atoms with van der Waals surface area (Å²) in [5, 5.41) is 0. The number of hydrogen-bond donors (Lipinski definition) is 2. The molecule has 1 aliphatic rings. The highest BCUT2D eigenvalue weighted by molar-refractivity contribution is 7.89. The molecule has 1 atom stereocenters. The van der Waals surface area contributed by atoms with Crippen LogP contribution in [0.4, 0.5) is 10.1 Å². The predicted molar refractivity (Wildman–Crippen MR) is 65.0 cm³/mol. The Morgan fingerprint density at radius 3 is 2.83 bits per heavy atom. The number of nitrogens with one attached hydrogen (secondary N) is 1. The van der Waals surface area contributed by atoms with Gasteiger partial charge >= 0.3 is 0 Å². The van der Waals surface area contributed by atoms with Crippen molar-refractivity contribution in [1.82, 2.24) is 4.72 Å². The third kappa shape index (κ3) is 2.98. The first-order valence-electron chi connectivity index (χ1n) is 5.64. The van der Waals surface area contributed by atoms with Crippen LogP contribution in [-0.2, 0) is 14.8 Å². The molecule has 100 valence electrons. The number of halogens is 1. The Labute approximate surface area is 105 Å². The van der Waals surface area contributed by atoms with Crippen molar-refractivity contribution in [1.29, 1.82) is 0 Å². The van der Waals surface area contributed by atoms with Gasteiger partial charge in [0.1, 0.15) is 10.7 Å². The van der Waals surface area contributed by atoms with E-state index in [4.69, 9.17) is 10.5 Å². The quantitative estimate of drug-likeness (QED) is 0.801. The topological polar surface area (TPSA) is 81.4 Å². The molecule has 18 heavy (non-hydrogen) atoms. The highest BCUT2D eigenvalue weighted by atomic mass is 32.2. The van der Waals surface area contributed by atoms with Crippen LogP contribution >= 0.6 is 0 Å². The number of ether oxygens (including phenoxy) is 1. The van der Waals surface area contributed by atoms with Gasteiger partial charge in [0.15, 0.2) is 0 Å². The average Bonchev–Trinajstić information content (AvgIpc) is 2.29. The molecule has 0 amide bonds. The van der Waals surface area contributed by atoms with E-state index >= 15 is 0 Å². The maximum atomic E-state index is 13.6. The number of hydrogen-bond acceptors (Lipinski definition) is 4. The molecule has 0 aliphatic carbocycles. The first kappa shape index (κ1) is 13.3. The Morgan fingerprint density at radius 1 is 1.44 bits per heavy atom. The van der Waals surface area contributed by atoms with Crippen molar-refractivity contribution >= 4 is 15.7 Å². The number of nitrogens with two attached hydrogens (primary N) is 1. The van der Waals surface area contributed by atoms with Gasteiger partial charge in [-0.05, 0) is 31.0 Å². The molecule has 1 aromatic carbocycles. The zero-order valence-electron chi connectivity index (χ0n) is 9.73. The zero-order chi connectivity index (χ0) is 13.2. The van der Waals surface area contributed by atoms with E-state index in [-0.39, 0.29) is 16.6 Å². The van der Waals surface area contributed by atoms with Crippen molar-refractivity contribution in [3.8, 4) is 0 Å². The first-order chi connectivity index (χ1) is 8.49. The van der Waals surface area contributed by atoms with E-state index in [1.54, 1.807) is 0 Å². The van der Waals surface area contributed by atoms with Crippen LogP contribution < -0.4 is 10.5 Å². The molecular weight excluding hydrogens is 259 g/mol. The van der Waals surface area contributed by atoms with Gasteiger partial charge in [-0.1, -0.05) is 0 Å². The second-order valence-electron chi connectivity index (χ2n) is 4.23. The molecule has 5 nitrogen and oxygen atoms in total. The Hall–Kier alpha value is -1.18. The fourth-order valence-corrected chi connectivity index (χ4v) is 3.17. The largest absolute Gasteiger partial charge is 0.399 e. The van der Waals surface area contributed by atoms with Crippen LogP contribution in [0.15, 0.2) is 23.1 Å². The number of sulfonamides is 1. The average molecular weight is 274 g/mol. The van der Waals surface area contributed by atoms with E-state index in [1.165, 1.54) is 6.07 Å². The van der Waals surface area contributed by atoms with E-state index in [0.29, 0.717) is 19.6 Å². The third-order valence-electron chi connectivity index (χ3n) is 2.73. The maximum absolute atomic E-state index is 13.6. The van der Waals surface area contributed by atoms with Gasteiger partial charge in [0.05, 0.1) is 6.61 Å². The number of rotatable bonds is 3. The second-order valence-corrected chi connectivity index (χ2v) is 5.91. The molecule has 0 saturated carbocycles. The summed E-state index contributed by atoms with van der Waals surface area (Å²) < 4.78 is 45.2. The van der Waals surface area contributed by atoms with Gasteiger partial charge in [-0.25, -0.2) is 17.5 Å². The van der Waals surface area contributed by atoms with Crippen molar-refractivity contribution < 1.29 is 17.5 Å². The molecule has 1 saturated heterocycles. The summed E-state index contributed by atoms with van der Waals surface area (Å²) in [4.78, 5) is -0.387. The fraction of sp³-hybridized carbons (Fsp3) is 0.455. The van der Waals surface area contributed by atoms with Gasteiger partial charge in [-0.3, -0.25) is 0 Å². The molecule has 2 rings (SSSR count). The minimum atomic E-state index is -3.87. The van der Waals surface area contributed by atoms with Gasteiger partial charge in [-0.2, -0.15) is 0 Å². The van der Waals surface area contributed by atoms with E-state index in [2.05, 4.69) is 4.72 Å². The summed E-state index contributed by atoms with van der Waals surface area (Å²) in [6.07, 6.45) is 1.48. The minimum Gasteiger partial charge on any atom is -0.399 e. The number of anilines is 1.